The van der Waals surface area contributed by atoms with Crippen LogP contribution in [0.25, 0.3) is 22.2 Å². The molecule has 1 aliphatic heterocycles. The summed E-state index contributed by atoms with van der Waals surface area (Å²) in [5, 5.41) is 0.867. The van der Waals surface area contributed by atoms with Crippen molar-refractivity contribution in [3.8, 4) is 11.3 Å². The third-order valence-electron chi connectivity index (χ3n) is 5.94. The van der Waals surface area contributed by atoms with Gasteiger partial charge in [0, 0.05) is 27.7 Å². The number of carbonyl (C=O) groups excluding carboxylic acids is 1. The number of aromatic nitrogens is 1. The molecule has 0 aliphatic carbocycles. The van der Waals surface area contributed by atoms with E-state index >= 15 is 0 Å². The van der Waals surface area contributed by atoms with Crippen LogP contribution >= 0.6 is 15.9 Å². The summed E-state index contributed by atoms with van der Waals surface area (Å²) in [6.07, 6.45) is 0.888. The molecule has 0 atom stereocenters. The Hall–Kier alpha value is -2.98. The zero-order chi connectivity index (χ0) is 20.8. The van der Waals surface area contributed by atoms with Gasteiger partial charge in [0.25, 0.3) is 5.91 Å². The molecule has 3 nitrogen and oxygen atoms in total. The zero-order valence-corrected chi connectivity index (χ0v) is 18.5. The molecule has 0 saturated heterocycles. The third-order valence-corrected chi connectivity index (χ3v) is 6.43. The number of hydrogen-bond acceptors (Lipinski definition) is 2. The maximum Gasteiger partial charge on any atom is 0.259 e. The van der Waals surface area contributed by atoms with Crippen LogP contribution in [0.3, 0.4) is 0 Å². The molecule has 4 heteroatoms. The molecular weight excluding hydrogens is 436 g/mol. The summed E-state index contributed by atoms with van der Waals surface area (Å²) in [4.78, 5) is 20.5. The highest BCUT2D eigenvalue weighted by molar-refractivity contribution is 9.10. The number of para-hydroxylation sites is 1. The number of hydrogen-bond donors (Lipinski definition) is 0. The Morgan fingerprint density at radius 1 is 0.967 bits per heavy atom. The Labute approximate surface area is 184 Å². The van der Waals surface area contributed by atoms with Crippen LogP contribution < -0.4 is 4.90 Å². The van der Waals surface area contributed by atoms with E-state index in [0.29, 0.717) is 12.1 Å². The van der Waals surface area contributed by atoms with Gasteiger partial charge in [-0.15, -0.1) is 0 Å². The monoisotopic (exact) mass is 456 g/mol. The quantitative estimate of drug-likeness (QED) is 0.345. The molecule has 4 aromatic rings. The maximum atomic E-state index is 13.7. The summed E-state index contributed by atoms with van der Waals surface area (Å²) in [7, 11) is 0. The van der Waals surface area contributed by atoms with E-state index in [4.69, 9.17) is 4.98 Å². The van der Waals surface area contributed by atoms with Gasteiger partial charge in [0.15, 0.2) is 0 Å². The Morgan fingerprint density at radius 3 is 2.63 bits per heavy atom. The van der Waals surface area contributed by atoms with Crippen LogP contribution in [-0.2, 0) is 6.42 Å². The molecule has 1 amide bonds. The Bertz CT molecular complexity index is 1310. The molecule has 2 heterocycles. The number of nitrogens with zero attached hydrogens (tertiary/aromatic N) is 2. The lowest BCUT2D eigenvalue weighted by Crippen LogP contribution is -2.29. The largest absolute Gasteiger partial charge is 0.308 e. The van der Waals surface area contributed by atoms with Crippen molar-refractivity contribution in [2.75, 3.05) is 11.4 Å². The van der Waals surface area contributed by atoms with E-state index in [-0.39, 0.29) is 5.91 Å². The number of carbonyl (C=O) groups is 1. The van der Waals surface area contributed by atoms with E-state index in [1.807, 2.05) is 47.4 Å². The predicted octanol–water partition coefficient (Wildman–Crippen LogP) is 6.48. The zero-order valence-electron chi connectivity index (χ0n) is 16.9. The highest BCUT2D eigenvalue weighted by Crippen LogP contribution is 2.33. The summed E-state index contributed by atoms with van der Waals surface area (Å²) < 4.78 is 0.937. The van der Waals surface area contributed by atoms with Crippen LogP contribution in [0, 0.1) is 13.8 Å². The smallest absolute Gasteiger partial charge is 0.259 e. The fourth-order valence-corrected chi connectivity index (χ4v) is 4.48. The van der Waals surface area contributed by atoms with Gasteiger partial charge >= 0.3 is 0 Å². The Balaban J connectivity index is 1.69. The molecule has 1 aromatic heterocycles. The van der Waals surface area contributed by atoms with Gasteiger partial charge in [-0.05, 0) is 73.4 Å². The van der Waals surface area contributed by atoms with Gasteiger partial charge in [-0.2, -0.15) is 0 Å². The van der Waals surface area contributed by atoms with Crippen molar-refractivity contribution < 1.29 is 4.79 Å². The first-order valence-corrected chi connectivity index (χ1v) is 10.9. The molecule has 148 valence electrons. The van der Waals surface area contributed by atoms with E-state index in [1.165, 1.54) is 16.7 Å². The van der Waals surface area contributed by atoms with Gasteiger partial charge in [0.1, 0.15) is 0 Å². The summed E-state index contributed by atoms with van der Waals surface area (Å²) >= 11 is 3.55. The van der Waals surface area contributed by atoms with Gasteiger partial charge < -0.3 is 4.90 Å². The number of fused-ring (bicyclic) bond motifs is 2. The van der Waals surface area contributed by atoms with Crippen molar-refractivity contribution in [3.05, 3.63) is 93.5 Å². The standard InChI is InChI=1S/C26H21BrN2O/c1-16-7-8-19(13-17(16)2)24-15-22(21-14-20(27)9-10-23(21)28-24)26(30)29-12-11-18-5-3-4-6-25(18)29/h3-10,13-15H,11-12H2,1-2H3. The first-order valence-electron chi connectivity index (χ1n) is 10.1. The van der Waals surface area contributed by atoms with Crippen molar-refractivity contribution in [1.82, 2.24) is 4.98 Å². The van der Waals surface area contributed by atoms with Crippen molar-refractivity contribution >= 4 is 38.4 Å². The molecule has 5 rings (SSSR count). The molecule has 0 unspecified atom stereocenters. The second-order valence-corrected chi connectivity index (χ2v) is 8.77. The predicted molar refractivity (Wildman–Crippen MR) is 126 cm³/mol. The van der Waals surface area contributed by atoms with Gasteiger partial charge in [-0.25, -0.2) is 4.98 Å². The molecule has 0 N–H and O–H groups in total. The van der Waals surface area contributed by atoms with Crippen molar-refractivity contribution in [1.29, 1.82) is 0 Å². The van der Waals surface area contributed by atoms with Gasteiger partial charge in [-0.3, -0.25) is 4.79 Å². The maximum absolute atomic E-state index is 13.7. The van der Waals surface area contributed by atoms with Crippen LogP contribution in [0.4, 0.5) is 5.69 Å². The third kappa shape index (κ3) is 3.21. The van der Waals surface area contributed by atoms with E-state index in [1.54, 1.807) is 0 Å². The van der Waals surface area contributed by atoms with Crippen LogP contribution in [0.1, 0.15) is 27.0 Å². The normalized spacial score (nSPS) is 13.0. The Morgan fingerprint density at radius 2 is 1.80 bits per heavy atom. The van der Waals surface area contributed by atoms with Gasteiger partial charge in [0.05, 0.1) is 16.8 Å². The molecule has 0 spiro atoms. The fourth-order valence-electron chi connectivity index (χ4n) is 4.12. The molecule has 0 saturated carbocycles. The molecule has 1 aliphatic rings. The first-order chi connectivity index (χ1) is 14.5. The average Bonchev–Trinajstić information content (AvgIpc) is 3.18. The molecule has 0 radical (unpaired) electrons. The van der Waals surface area contributed by atoms with E-state index in [0.717, 1.165) is 38.7 Å². The topological polar surface area (TPSA) is 33.2 Å². The number of halogens is 1. The van der Waals surface area contributed by atoms with Crippen LogP contribution in [-0.4, -0.2) is 17.4 Å². The minimum absolute atomic E-state index is 0.0236. The number of rotatable bonds is 2. The summed E-state index contributed by atoms with van der Waals surface area (Å²) in [5.74, 6) is 0.0236. The Kier molecular flexibility index (Phi) is 4.67. The lowest BCUT2D eigenvalue weighted by molar-refractivity contribution is 0.0991. The molecule has 3 aromatic carbocycles. The number of pyridine rings is 1. The number of amides is 1. The minimum atomic E-state index is 0.0236. The summed E-state index contributed by atoms with van der Waals surface area (Å²) in [5.41, 5.74) is 8.05. The van der Waals surface area contributed by atoms with Gasteiger partial charge in [0.2, 0.25) is 0 Å². The number of benzene rings is 3. The molecule has 30 heavy (non-hydrogen) atoms. The second-order valence-electron chi connectivity index (χ2n) is 7.85. The molecule has 0 fully saturated rings. The number of anilines is 1. The fraction of sp³-hybridized carbons (Fsp3) is 0.154. The van der Waals surface area contributed by atoms with Gasteiger partial charge in [-0.1, -0.05) is 46.3 Å². The van der Waals surface area contributed by atoms with E-state index in [9.17, 15) is 4.79 Å². The molecule has 0 bridgehead atoms. The second kappa shape index (κ2) is 7.37. The summed E-state index contributed by atoms with van der Waals surface area (Å²) in [6.45, 7) is 4.91. The van der Waals surface area contributed by atoms with Crippen molar-refractivity contribution in [3.63, 3.8) is 0 Å². The SMILES string of the molecule is Cc1ccc(-c2cc(C(=O)N3CCc4ccccc43)c3cc(Br)ccc3n2)cc1C. The van der Waals surface area contributed by atoms with E-state index in [2.05, 4.69) is 54.0 Å². The summed E-state index contributed by atoms with van der Waals surface area (Å²) in [6, 6.07) is 22.4. The molecular formula is C26H21BrN2O. The average molecular weight is 457 g/mol. The van der Waals surface area contributed by atoms with Crippen molar-refractivity contribution in [2.45, 2.75) is 20.3 Å². The minimum Gasteiger partial charge on any atom is -0.308 e. The number of aryl methyl sites for hydroxylation is 2. The highest BCUT2D eigenvalue weighted by atomic mass is 79.9. The lowest BCUT2D eigenvalue weighted by Gasteiger charge is -2.19. The van der Waals surface area contributed by atoms with Crippen LogP contribution in [0.15, 0.2) is 71.2 Å². The van der Waals surface area contributed by atoms with E-state index < -0.39 is 0 Å². The van der Waals surface area contributed by atoms with Crippen molar-refractivity contribution in [2.24, 2.45) is 0 Å². The first kappa shape index (κ1) is 19.0. The lowest BCUT2D eigenvalue weighted by atomic mass is 10.0. The highest BCUT2D eigenvalue weighted by Gasteiger charge is 2.27. The van der Waals surface area contributed by atoms with Crippen LogP contribution in [0.2, 0.25) is 0 Å². The van der Waals surface area contributed by atoms with Crippen LogP contribution in [0.5, 0.6) is 0 Å².